The molecule has 2 heterocycles. The highest BCUT2D eigenvalue weighted by atomic mass is 19.1. The van der Waals surface area contributed by atoms with E-state index in [4.69, 9.17) is 0 Å². The minimum absolute atomic E-state index is 0.0342. The van der Waals surface area contributed by atoms with Crippen molar-refractivity contribution in [2.45, 2.75) is 50.6 Å². The van der Waals surface area contributed by atoms with E-state index in [0.717, 1.165) is 44.5 Å². The fraction of sp³-hybridized carbons (Fsp3) is 0.500. The fourth-order valence-corrected chi connectivity index (χ4v) is 4.72. The number of benzene rings is 2. The zero-order valence-corrected chi connectivity index (χ0v) is 18.5. The molecule has 1 amide bonds. The lowest BCUT2D eigenvalue weighted by Gasteiger charge is -2.40. The van der Waals surface area contributed by atoms with Crippen molar-refractivity contribution < 1.29 is 9.18 Å². The van der Waals surface area contributed by atoms with Crippen LogP contribution in [0.15, 0.2) is 54.6 Å². The molecule has 4 rings (SSSR count). The number of carbonyl (C=O) groups excluding carboxylic acids is 1. The van der Waals surface area contributed by atoms with Gasteiger partial charge in [0.1, 0.15) is 5.82 Å². The van der Waals surface area contributed by atoms with Gasteiger partial charge in [-0.3, -0.25) is 9.69 Å². The molecule has 0 bridgehead atoms. The van der Waals surface area contributed by atoms with Gasteiger partial charge in [0.25, 0.3) is 0 Å². The van der Waals surface area contributed by atoms with E-state index < -0.39 is 0 Å². The molecule has 0 radical (unpaired) electrons. The number of nitrogens with zero attached hydrogens (tertiary/aromatic N) is 2. The molecule has 2 aliphatic rings. The zero-order chi connectivity index (χ0) is 21.6. The van der Waals surface area contributed by atoms with Gasteiger partial charge in [0, 0.05) is 25.2 Å². The number of amides is 1. The van der Waals surface area contributed by atoms with Crippen LogP contribution in [-0.4, -0.2) is 54.5 Å². The maximum Gasteiger partial charge on any atom is 0.227 e. The first-order valence-corrected chi connectivity index (χ1v) is 11.7. The average Bonchev–Trinajstić information content (AvgIpc) is 2.77. The number of hydrogen-bond acceptors (Lipinski definition) is 3. The number of rotatable bonds is 8. The van der Waals surface area contributed by atoms with Gasteiger partial charge in [0.15, 0.2) is 0 Å². The molecule has 1 N–H and O–H groups in total. The van der Waals surface area contributed by atoms with Gasteiger partial charge in [0.05, 0.1) is 5.92 Å². The van der Waals surface area contributed by atoms with Crippen molar-refractivity contribution in [3.05, 3.63) is 71.5 Å². The van der Waals surface area contributed by atoms with Crippen molar-refractivity contribution in [3.63, 3.8) is 0 Å². The van der Waals surface area contributed by atoms with Gasteiger partial charge in [0.2, 0.25) is 5.91 Å². The van der Waals surface area contributed by atoms with Crippen LogP contribution in [0.4, 0.5) is 4.39 Å². The van der Waals surface area contributed by atoms with Crippen molar-refractivity contribution >= 4 is 5.91 Å². The summed E-state index contributed by atoms with van der Waals surface area (Å²) in [5, 5.41) is 3.21. The van der Waals surface area contributed by atoms with Crippen LogP contribution in [0.5, 0.6) is 0 Å². The Hall–Kier alpha value is -2.24. The second-order valence-electron chi connectivity index (χ2n) is 9.00. The van der Waals surface area contributed by atoms with Gasteiger partial charge in [-0.15, -0.1) is 0 Å². The Labute approximate surface area is 185 Å². The molecule has 2 unspecified atom stereocenters. The second-order valence-corrected chi connectivity index (χ2v) is 9.00. The molecular weight excluding hydrogens is 389 g/mol. The summed E-state index contributed by atoms with van der Waals surface area (Å²) in [4.78, 5) is 17.8. The molecule has 0 saturated carbocycles. The highest BCUT2D eigenvalue weighted by molar-refractivity contribution is 5.83. The van der Waals surface area contributed by atoms with Crippen LogP contribution in [-0.2, 0) is 4.79 Å². The van der Waals surface area contributed by atoms with Crippen molar-refractivity contribution in [2.24, 2.45) is 0 Å². The minimum atomic E-state index is -0.271. The highest BCUT2D eigenvalue weighted by Crippen LogP contribution is 2.29. The molecule has 166 valence electrons. The second kappa shape index (κ2) is 10.4. The molecule has 0 spiro atoms. The summed E-state index contributed by atoms with van der Waals surface area (Å²) >= 11 is 0. The SMILES string of the molecule is CC(C(=O)NC1CCN(CCC(c2ccccc2)N2CCC2)CC1)c1ccc(F)cc1. The lowest BCUT2D eigenvalue weighted by molar-refractivity contribution is -0.123. The van der Waals surface area contributed by atoms with E-state index in [9.17, 15) is 9.18 Å². The number of piperidine rings is 1. The van der Waals surface area contributed by atoms with Crippen LogP contribution in [0, 0.1) is 5.82 Å². The molecule has 0 aliphatic carbocycles. The quantitative estimate of drug-likeness (QED) is 0.686. The highest BCUT2D eigenvalue weighted by Gasteiger charge is 2.27. The Morgan fingerprint density at radius 1 is 1.00 bits per heavy atom. The zero-order valence-electron chi connectivity index (χ0n) is 18.5. The Morgan fingerprint density at radius 3 is 2.29 bits per heavy atom. The van der Waals surface area contributed by atoms with Crippen molar-refractivity contribution in [3.8, 4) is 0 Å². The van der Waals surface area contributed by atoms with Crippen LogP contribution in [0.3, 0.4) is 0 Å². The minimum Gasteiger partial charge on any atom is -0.353 e. The van der Waals surface area contributed by atoms with Crippen LogP contribution < -0.4 is 5.32 Å². The first kappa shape index (κ1) is 22.0. The third-order valence-electron chi connectivity index (χ3n) is 6.93. The third-order valence-corrected chi connectivity index (χ3v) is 6.93. The molecule has 5 heteroatoms. The van der Waals surface area contributed by atoms with E-state index in [-0.39, 0.29) is 23.7 Å². The van der Waals surface area contributed by atoms with Gasteiger partial charge < -0.3 is 10.2 Å². The van der Waals surface area contributed by atoms with E-state index in [1.165, 1.54) is 37.2 Å². The van der Waals surface area contributed by atoms with E-state index in [0.29, 0.717) is 6.04 Å². The first-order valence-electron chi connectivity index (χ1n) is 11.7. The number of nitrogens with one attached hydrogen (secondary N) is 1. The summed E-state index contributed by atoms with van der Waals surface area (Å²) in [5.74, 6) is -0.499. The van der Waals surface area contributed by atoms with Crippen LogP contribution in [0.1, 0.15) is 55.7 Å². The Bertz CT molecular complexity index is 829. The van der Waals surface area contributed by atoms with Crippen molar-refractivity contribution in [2.75, 3.05) is 32.7 Å². The van der Waals surface area contributed by atoms with Gasteiger partial charge >= 0.3 is 0 Å². The monoisotopic (exact) mass is 423 g/mol. The maximum absolute atomic E-state index is 13.1. The largest absolute Gasteiger partial charge is 0.353 e. The summed E-state index contributed by atoms with van der Waals surface area (Å²) in [6.07, 6.45) is 4.44. The summed E-state index contributed by atoms with van der Waals surface area (Å²) in [5.41, 5.74) is 2.29. The Balaban J connectivity index is 1.23. The van der Waals surface area contributed by atoms with Crippen molar-refractivity contribution in [1.82, 2.24) is 15.1 Å². The van der Waals surface area contributed by atoms with Crippen LogP contribution in [0.2, 0.25) is 0 Å². The number of carbonyl (C=O) groups is 1. The molecular formula is C26H34FN3O. The lowest BCUT2D eigenvalue weighted by atomic mass is 9.97. The summed E-state index contributed by atoms with van der Waals surface area (Å²) < 4.78 is 13.1. The summed E-state index contributed by atoms with van der Waals surface area (Å²) in [6, 6.07) is 17.9. The topological polar surface area (TPSA) is 35.6 Å². The first-order chi connectivity index (χ1) is 15.1. The molecule has 31 heavy (non-hydrogen) atoms. The normalized spacial score (nSPS) is 20.1. The maximum atomic E-state index is 13.1. The number of likely N-dealkylation sites (tertiary alicyclic amines) is 2. The Morgan fingerprint density at radius 2 is 1.68 bits per heavy atom. The molecule has 4 nitrogen and oxygen atoms in total. The van der Waals surface area contributed by atoms with Gasteiger partial charge in [-0.05, 0) is 75.5 Å². The van der Waals surface area contributed by atoms with Gasteiger partial charge in [-0.25, -0.2) is 4.39 Å². The lowest BCUT2D eigenvalue weighted by Crippen LogP contribution is -2.46. The molecule has 2 atom stereocenters. The number of hydrogen-bond donors (Lipinski definition) is 1. The van der Waals surface area contributed by atoms with Crippen LogP contribution >= 0.6 is 0 Å². The van der Waals surface area contributed by atoms with E-state index in [1.54, 1.807) is 12.1 Å². The third kappa shape index (κ3) is 5.72. The molecule has 2 aromatic rings. The van der Waals surface area contributed by atoms with Gasteiger partial charge in [-0.2, -0.15) is 0 Å². The smallest absolute Gasteiger partial charge is 0.227 e. The fourth-order valence-electron chi connectivity index (χ4n) is 4.72. The molecule has 0 aromatic heterocycles. The van der Waals surface area contributed by atoms with Gasteiger partial charge in [-0.1, -0.05) is 42.5 Å². The Kier molecular flexibility index (Phi) is 7.36. The van der Waals surface area contributed by atoms with E-state index in [2.05, 4.69) is 45.4 Å². The summed E-state index contributed by atoms with van der Waals surface area (Å²) in [7, 11) is 0. The van der Waals surface area contributed by atoms with E-state index >= 15 is 0 Å². The molecule has 2 aliphatic heterocycles. The van der Waals surface area contributed by atoms with Crippen LogP contribution in [0.25, 0.3) is 0 Å². The standard InChI is InChI=1S/C26H34FN3O/c1-20(21-8-10-23(27)11-9-21)26(31)28-24-12-17-29(18-13-24)19-14-25(30-15-5-16-30)22-6-3-2-4-7-22/h2-4,6-11,20,24-25H,5,12-19H2,1H3,(H,28,31). The predicted octanol–water partition coefficient (Wildman–Crippen LogP) is 4.35. The average molecular weight is 424 g/mol. The summed E-state index contributed by atoms with van der Waals surface area (Å²) in [6.45, 7) is 7.45. The molecule has 2 aromatic carbocycles. The number of halogens is 1. The predicted molar refractivity (Wildman–Crippen MR) is 122 cm³/mol. The van der Waals surface area contributed by atoms with Crippen molar-refractivity contribution in [1.29, 1.82) is 0 Å². The van der Waals surface area contributed by atoms with E-state index in [1.807, 2.05) is 6.92 Å². The molecule has 2 fully saturated rings. The molecule has 2 saturated heterocycles.